The van der Waals surface area contributed by atoms with Gasteiger partial charge in [0, 0.05) is 12.1 Å². The summed E-state index contributed by atoms with van der Waals surface area (Å²) in [7, 11) is 0. The maximum absolute atomic E-state index is 12.3. The normalized spacial score (nSPS) is 12.6. The third kappa shape index (κ3) is 5.02. The fourth-order valence-corrected chi connectivity index (χ4v) is 3.14. The van der Waals surface area contributed by atoms with Crippen molar-refractivity contribution >= 4 is 17.6 Å². The molecule has 2 N–H and O–H groups in total. The molecule has 29 heavy (non-hydrogen) atoms. The molecule has 3 aromatic carbocycles. The van der Waals surface area contributed by atoms with Gasteiger partial charge in [-0.1, -0.05) is 55.5 Å². The van der Waals surface area contributed by atoms with E-state index in [1.807, 2.05) is 49.4 Å². The number of rotatable bonds is 8. The Kier molecular flexibility index (Phi) is 6.29. The third-order valence-corrected chi connectivity index (χ3v) is 4.79. The number of carboxylic acid groups (broad SMARTS) is 1. The van der Waals surface area contributed by atoms with E-state index in [-0.39, 0.29) is 6.42 Å². The Hall–Kier alpha value is -3.60. The molecule has 0 aliphatic carbocycles. The molecule has 1 unspecified atom stereocenters. The van der Waals surface area contributed by atoms with Crippen LogP contribution in [0.1, 0.15) is 29.3 Å². The van der Waals surface area contributed by atoms with Crippen LogP contribution in [0.5, 0.6) is 5.75 Å². The monoisotopic (exact) mass is 389 g/mol. The fraction of sp³-hybridized carbons (Fsp3) is 0.167. The third-order valence-electron chi connectivity index (χ3n) is 4.79. The van der Waals surface area contributed by atoms with Crippen LogP contribution in [-0.2, 0) is 11.2 Å². The van der Waals surface area contributed by atoms with Crippen LogP contribution < -0.4 is 10.1 Å². The van der Waals surface area contributed by atoms with Gasteiger partial charge in [-0.15, -0.1) is 0 Å². The van der Waals surface area contributed by atoms with Gasteiger partial charge in [-0.2, -0.15) is 0 Å². The number of esters is 1. The van der Waals surface area contributed by atoms with E-state index in [4.69, 9.17) is 4.74 Å². The second kappa shape index (κ2) is 9.06. The first-order chi connectivity index (χ1) is 14.0. The highest BCUT2D eigenvalue weighted by atomic mass is 16.5. The quantitative estimate of drug-likeness (QED) is 0.428. The molecule has 0 heterocycles. The molecule has 0 radical (unpaired) electrons. The molecule has 5 nitrogen and oxygen atoms in total. The van der Waals surface area contributed by atoms with E-state index >= 15 is 0 Å². The van der Waals surface area contributed by atoms with Crippen molar-refractivity contribution in [2.45, 2.75) is 25.3 Å². The van der Waals surface area contributed by atoms with Crippen molar-refractivity contribution in [2.24, 2.45) is 0 Å². The molecular weight excluding hydrogens is 366 g/mol. The predicted octanol–water partition coefficient (Wildman–Crippen LogP) is 4.79. The second-order valence-electron chi connectivity index (χ2n) is 6.81. The molecule has 0 saturated carbocycles. The average Bonchev–Trinajstić information content (AvgIpc) is 2.74. The lowest BCUT2D eigenvalue weighted by atomic mass is 9.87. The highest BCUT2D eigenvalue weighted by Crippen LogP contribution is 2.26. The summed E-state index contributed by atoms with van der Waals surface area (Å²) in [4.78, 5) is 24.4. The molecule has 0 aliphatic heterocycles. The van der Waals surface area contributed by atoms with E-state index in [0.717, 1.165) is 11.3 Å². The summed E-state index contributed by atoms with van der Waals surface area (Å²) in [5.41, 5.74) is 0.778. The largest absolute Gasteiger partial charge is 0.479 e. The number of carbonyl (C=O) groups excluding carboxylic acids is 1. The van der Waals surface area contributed by atoms with Crippen molar-refractivity contribution in [3.8, 4) is 5.75 Å². The van der Waals surface area contributed by atoms with Gasteiger partial charge >= 0.3 is 11.9 Å². The Labute approximate surface area is 170 Å². The number of aliphatic carboxylic acids is 1. The van der Waals surface area contributed by atoms with E-state index in [0.29, 0.717) is 17.7 Å². The lowest BCUT2D eigenvalue weighted by molar-refractivity contribution is -0.142. The molecule has 0 spiro atoms. The molecule has 0 bridgehead atoms. The number of carboxylic acids is 1. The Morgan fingerprint density at radius 1 is 0.931 bits per heavy atom. The lowest BCUT2D eigenvalue weighted by Crippen LogP contribution is -2.47. The maximum atomic E-state index is 12.3. The predicted molar refractivity (Wildman–Crippen MR) is 112 cm³/mol. The minimum absolute atomic E-state index is 0.241. The van der Waals surface area contributed by atoms with E-state index in [1.165, 1.54) is 0 Å². The van der Waals surface area contributed by atoms with Gasteiger partial charge in [-0.05, 0) is 48.4 Å². The van der Waals surface area contributed by atoms with Crippen molar-refractivity contribution in [1.82, 2.24) is 0 Å². The van der Waals surface area contributed by atoms with Gasteiger partial charge in [0.25, 0.3) is 0 Å². The highest BCUT2D eigenvalue weighted by Gasteiger charge is 2.37. The number of ether oxygens (including phenoxy) is 1. The van der Waals surface area contributed by atoms with Crippen LogP contribution >= 0.6 is 0 Å². The van der Waals surface area contributed by atoms with Crippen LogP contribution in [0, 0.1) is 0 Å². The minimum atomic E-state index is -1.18. The number of nitrogens with one attached hydrogen (secondary N) is 1. The van der Waals surface area contributed by atoms with Gasteiger partial charge in [-0.3, -0.25) is 0 Å². The first-order valence-electron chi connectivity index (χ1n) is 9.45. The molecule has 1 atom stereocenters. The van der Waals surface area contributed by atoms with Crippen LogP contribution in [0.4, 0.5) is 5.69 Å². The molecule has 0 aromatic heterocycles. The van der Waals surface area contributed by atoms with Gasteiger partial charge in [0.1, 0.15) is 11.3 Å². The SMILES string of the molecule is CCC(Cc1cccc(OC(=O)c2ccccc2)c1)(Nc1ccccc1)C(=O)O. The molecular formula is C24H23NO4. The maximum Gasteiger partial charge on any atom is 0.343 e. The number of hydrogen-bond acceptors (Lipinski definition) is 4. The summed E-state index contributed by atoms with van der Waals surface area (Å²) in [6, 6.07) is 25.0. The van der Waals surface area contributed by atoms with Gasteiger partial charge < -0.3 is 15.2 Å². The van der Waals surface area contributed by atoms with Gasteiger partial charge in [0.2, 0.25) is 0 Å². The Bertz CT molecular complexity index is 972. The minimum Gasteiger partial charge on any atom is -0.479 e. The zero-order valence-corrected chi connectivity index (χ0v) is 16.2. The molecule has 148 valence electrons. The molecule has 0 saturated heterocycles. The Morgan fingerprint density at radius 2 is 1.59 bits per heavy atom. The van der Waals surface area contributed by atoms with Crippen molar-refractivity contribution in [1.29, 1.82) is 0 Å². The van der Waals surface area contributed by atoms with Crippen LogP contribution in [0.25, 0.3) is 0 Å². The summed E-state index contributed by atoms with van der Waals surface area (Å²) in [6.45, 7) is 1.84. The molecule has 0 amide bonds. The smallest absolute Gasteiger partial charge is 0.343 e. The number of benzene rings is 3. The van der Waals surface area contributed by atoms with E-state index < -0.39 is 17.5 Å². The van der Waals surface area contributed by atoms with E-state index in [9.17, 15) is 14.7 Å². The standard InChI is InChI=1S/C24H23NO4/c1-2-24(23(27)28,25-20-13-7-4-8-14-20)17-18-10-9-15-21(16-18)29-22(26)19-11-5-3-6-12-19/h3-16,25H,2,17H2,1H3,(H,27,28). The Morgan fingerprint density at radius 3 is 2.21 bits per heavy atom. The first-order valence-corrected chi connectivity index (χ1v) is 9.45. The number of hydrogen-bond donors (Lipinski definition) is 2. The zero-order valence-electron chi connectivity index (χ0n) is 16.2. The zero-order chi connectivity index (χ0) is 20.7. The van der Waals surface area contributed by atoms with Crippen molar-refractivity contribution in [3.63, 3.8) is 0 Å². The van der Waals surface area contributed by atoms with Crippen LogP contribution in [-0.4, -0.2) is 22.6 Å². The van der Waals surface area contributed by atoms with Crippen LogP contribution in [0.2, 0.25) is 0 Å². The topological polar surface area (TPSA) is 75.6 Å². The highest BCUT2D eigenvalue weighted by molar-refractivity contribution is 5.91. The van der Waals surface area contributed by atoms with Gasteiger partial charge in [0.15, 0.2) is 0 Å². The molecule has 3 rings (SSSR count). The number of carbonyl (C=O) groups is 2. The fourth-order valence-electron chi connectivity index (χ4n) is 3.14. The summed E-state index contributed by atoms with van der Waals surface area (Å²) in [6.07, 6.45) is 0.621. The second-order valence-corrected chi connectivity index (χ2v) is 6.81. The van der Waals surface area contributed by atoms with Gasteiger partial charge in [-0.25, -0.2) is 9.59 Å². The molecule has 0 fully saturated rings. The summed E-state index contributed by atoms with van der Waals surface area (Å²) in [5, 5.41) is 13.1. The molecule has 3 aromatic rings. The molecule has 5 heteroatoms. The summed E-state index contributed by atoms with van der Waals surface area (Å²) >= 11 is 0. The Balaban J connectivity index is 1.81. The van der Waals surface area contributed by atoms with Crippen molar-refractivity contribution in [2.75, 3.05) is 5.32 Å². The van der Waals surface area contributed by atoms with Gasteiger partial charge in [0.05, 0.1) is 5.56 Å². The average molecular weight is 389 g/mol. The number of para-hydroxylation sites is 1. The molecule has 0 aliphatic rings. The number of anilines is 1. The van der Waals surface area contributed by atoms with Crippen molar-refractivity contribution in [3.05, 3.63) is 96.1 Å². The van der Waals surface area contributed by atoms with Crippen LogP contribution in [0.3, 0.4) is 0 Å². The van der Waals surface area contributed by atoms with E-state index in [1.54, 1.807) is 42.5 Å². The summed E-state index contributed by atoms with van der Waals surface area (Å²) < 4.78 is 5.46. The van der Waals surface area contributed by atoms with Crippen molar-refractivity contribution < 1.29 is 19.4 Å². The lowest BCUT2D eigenvalue weighted by Gasteiger charge is -2.31. The first kappa shape index (κ1) is 20.1. The van der Waals surface area contributed by atoms with E-state index in [2.05, 4.69) is 5.32 Å². The summed E-state index contributed by atoms with van der Waals surface area (Å²) in [5.74, 6) is -1.01. The van der Waals surface area contributed by atoms with Crippen LogP contribution in [0.15, 0.2) is 84.9 Å².